The molecule has 1 amide bonds. The predicted molar refractivity (Wildman–Crippen MR) is 33.5 cm³/mol. The Labute approximate surface area is 53.5 Å². The van der Waals surface area contributed by atoms with E-state index in [2.05, 4.69) is 10.5 Å². The molecule has 0 heterocycles. The molecule has 3 N–H and O–H groups in total. The van der Waals surface area contributed by atoms with E-state index in [4.69, 9.17) is 5.41 Å². The van der Waals surface area contributed by atoms with Crippen LogP contribution in [0.4, 0.5) is 4.79 Å². The lowest BCUT2D eigenvalue weighted by molar-refractivity contribution is 0.120. The first kappa shape index (κ1) is 7.94. The number of rotatable bonds is 3. The minimum Gasteiger partial charge on any atom is -0.446 e. The standard InChI is InChI=1S/C5H10N2O2/c1-4(2-3-6)9-5(7)8/h3-4,6H,2H2,1H3,(H2,7,8). The molecular weight excluding hydrogens is 120 g/mol. The first-order chi connectivity index (χ1) is 4.16. The Balaban J connectivity index is 3.37. The quantitative estimate of drug-likeness (QED) is 0.546. The van der Waals surface area contributed by atoms with Crippen LogP contribution in [0.2, 0.25) is 0 Å². The summed E-state index contributed by atoms with van der Waals surface area (Å²) in [5.74, 6) is 0. The lowest BCUT2D eigenvalue weighted by atomic mass is 10.3. The molecular formula is C5H10N2O2. The number of carbonyl (C=O) groups is 1. The Morgan fingerprint density at radius 1 is 2.00 bits per heavy atom. The van der Waals surface area contributed by atoms with E-state index in [1.165, 1.54) is 6.21 Å². The largest absolute Gasteiger partial charge is 0.446 e. The Morgan fingerprint density at radius 2 is 2.56 bits per heavy atom. The van der Waals surface area contributed by atoms with Crippen LogP contribution in [0.3, 0.4) is 0 Å². The average Bonchev–Trinajstić information content (AvgIpc) is 1.63. The molecule has 0 saturated carbocycles. The second-order valence-electron chi connectivity index (χ2n) is 1.69. The van der Waals surface area contributed by atoms with E-state index >= 15 is 0 Å². The zero-order valence-electron chi connectivity index (χ0n) is 5.26. The average molecular weight is 130 g/mol. The molecule has 0 aliphatic heterocycles. The summed E-state index contributed by atoms with van der Waals surface area (Å²) >= 11 is 0. The second kappa shape index (κ2) is 3.88. The van der Waals surface area contributed by atoms with Crippen molar-refractivity contribution < 1.29 is 9.53 Å². The molecule has 0 rings (SSSR count). The Hall–Kier alpha value is -1.06. The zero-order valence-corrected chi connectivity index (χ0v) is 5.26. The number of primary amides is 1. The molecule has 0 bridgehead atoms. The van der Waals surface area contributed by atoms with Crippen LogP contribution >= 0.6 is 0 Å². The van der Waals surface area contributed by atoms with Crippen LogP contribution < -0.4 is 5.73 Å². The van der Waals surface area contributed by atoms with Gasteiger partial charge in [0.1, 0.15) is 6.10 Å². The van der Waals surface area contributed by atoms with Gasteiger partial charge in [-0.25, -0.2) is 4.79 Å². The molecule has 1 unspecified atom stereocenters. The monoisotopic (exact) mass is 130 g/mol. The first-order valence-electron chi connectivity index (χ1n) is 2.62. The van der Waals surface area contributed by atoms with Crippen molar-refractivity contribution in [1.82, 2.24) is 0 Å². The molecule has 4 heteroatoms. The number of carbonyl (C=O) groups excluding carboxylic acids is 1. The van der Waals surface area contributed by atoms with E-state index in [-0.39, 0.29) is 6.10 Å². The van der Waals surface area contributed by atoms with Crippen molar-refractivity contribution in [3.05, 3.63) is 0 Å². The van der Waals surface area contributed by atoms with Crippen LogP contribution in [0.5, 0.6) is 0 Å². The van der Waals surface area contributed by atoms with E-state index in [9.17, 15) is 4.79 Å². The molecule has 0 aromatic heterocycles. The third-order valence-corrected chi connectivity index (χ3v) is 0.767. The molecule has 0 saturated heterocycles. The maximum atomic E-state index is 10.0. The summed E-state index contributed by atoms with van der Waals surface area (Å²) in [5.41, 5.74) is 4.69. The molecule has 0 radical (unpaired) electrons. The fraction of sp³-hybridized carbons (Fsp3) is 0.600. The maximum Gasteiger partial charge on any atom is 0.404 e. The molecule has 0 aliphatic rings. The molecule has 1 atom stereocenters. The van der Waals surface area contributed by atoms with Gasteiger partial charge >= 0.3 is 6.09 Å². The molecule has 4 nitrogen and oxygen atoms in total. The van der Waals surface area contributed by atoms with Crippen LogP contribution in [0, 0.1) is 5.41 Å². The molecule has 0 aromatic rings. The van der Waals surface area contributed by atoms with Crippen molar-refractivity contribution in [1.29, 1.82) is 5.41 Å². The summed E-state index contributed by atoms with van der Waals surface area (Å²) < 4.78 is 4.48. The summed E-state index contributed by atoms with van der Waals surface area (Å²) in [4.78, 5) is 10.0. The highest BCUT2D eigenvalue weighted by Gasteiger charge is 2.01. The topological polar surface area (TPSA) is 76.2 Å². The molecule has 9 heavy (non-hydrogen) atoms. The van der Waals surface area contributed by atoms with Crippen molar-refractivity contribution >= 4 is 12.3 Å². The Bertz CT molecular complexity index is 114. The Kier molecular flexibility index (Phi) is 3.43. The van der Waals surface area contributed by atoms with Gasteiger partial charge in [-0.15, -0.1) is 0 Å². The van der Waals surface area contributed by atoms with Gasteiger partial charge in [-0.3, -0.25) is 0 Å². The predicted octanol–water partition coefficient (Wildman–Crippen LogP) is 0.510. The van der Waals surface area contributed by atoms with Crippen molar-refractivity contribution in [3.8, 4) is 0 Å². The van der Waals surface area contributed by atoms with E-state index in [1.807, 2.05) is 0 Å². The van der Waals surface area contributed by atoms with Crippen LogP contribution in [-0.2, 0) is 4.74 Å². The van der Waals surface area contributed by atoms with Crippen molar-refractivity contribution in [2.75, 3.05) is 0 Å². The van der Waals surface area contributed by atoms with Crippen molar-refractivity contribution in [2.24, 2.45) is 5.73 Å². The third kappa shape index (κ3) is 4.80. The van der Waals surface area contributed by atoms with Gasteiger partial charge in [-0.1, -0.05) is 0 Å². The first-order valence-corrected chi connectivity index (χ1v) is 2.62. The van der Waals surface area contributed by atoms with Gasteiger partial charge in [-0.05, 0) is 13.1 Å². The zero-order chi connectivity index (χ0) is 7.28. The number of nitrogens with one attached hydrogen (secondary N) is 1. The number of ether oxygens (including phenoxy) is 1. The van der Waals surface area contributed by atoms with Crippen molar-refractivity contribution in [3.63, 3.8) is 0 Å². The van der Waals surface area contributed by atoms with Gasteiger partial charge in [-0.2, -0.15) is 0 Å². The van der Waals surface area contributed by atoms with Crippen molar-refractivity contribution in [2.45, 2.75) is 19.4 Å². The van der Waals surface area contributed by atoms with E-state index in [0.717, 1.165) is 0 Å². The molecule has 52 valence electrons. The van der Waals surface area contributed by atoms with E-state index in [0.29, 0.717) is 6.42 Å². The number of amides is 1. The Morgan fingerprint density at radius 3 is 2.89 bits per heavy atom. The lowest BCUT2D eigenvalue weighted by Crippen LogP contribution is -2.20. The smallest absolute Gasteiger partial charge is 0.404 e. The number of nitrogens with two attached hydrogens (primary N) is 1. The van der Waals surface area contributed by atoms with E-state index in [1.54, 1.807) is 6.92 Å². The molecule has 0 aliphatic carbocycles. The highest BCUT2D eigenvalue weighted by molar-refractivity contribution is 5.65. The normalized spacial score (nSPS) is 12.1. The fourth-order valence-electron chi connectivity index (χ4n) is 0.412. The minimum absolute atomic E-state index is 0.278. The number of hydrogen-bond donors (Lipinski definition) is 2. The minimum atomic E-state index is -0.788. The van der Waals surface area contributed by atoms with Crippen LogP contribution in [-0.4, -0.2) is 18.4 Å². The summed E-state index contributed by atoms with van der Waals surface area (Å²) in [7, 11) is 0. The molecule has 0 aromatic carbocycles. The van der Waals surface area contributed by atoms with Gasteiger partial charge in [0.15, 0.2) is 0 Å². The molecule has 0 fully saturated rings. The third-order valence-electron chi connectivity index (χ3n) is 0.767. The van der Waals surface area contributed by atoms with E-state index < -0.39 is 6.09 Å². The summed E-state index contributed by atoms with van der Waals surface area (Å²) in [6.07, 6.45) is 0.528. The number of hydrogen-bond acceptors (Lipinski definition) is 3. The van der Waals surface area contributed by atoms with Gasteiger partial charge < -0.3 is 15.9 Å². The van der Waals surface area contributed by atoms with Crippen LogP contribution in [0.1, 0.15) is 13.3 Å². The fourth-order valence-corrected chi connectivity index (χ4v) is 0.412. The highest BCUT2D eigenvalue weighted by atomic mass is 16.6. The summed E-state index contributed by atoms with van der Waals surface area (Å²) in [6.45, 7) is 1.68. The maximum absolute atomic E-state index is 10.0. The van der Waals surface area contributed by atoms with Crippen LogP contribution in [0.15, 0.2) is 0 Å². The summed E-state index contributed by atoms with van der Waals surface area (Å²) in [6, 6.07) is 0. The highest BCUT2D eigenvalue weighted by Crippen LogP contribution is 1.92. The SMILES string of the molecule is CC(CC=N)OC(N)=O. The van der Waals surface area contributed by atoms with Gasteiger partial charge in [0.05, 0.1) is 0 Å². The van der Waals surface area contributed by atoms with Gasteiger partial charge in [0.25, 0.3) is 0 Å². The van der Waals surface area contributed by atoms with Crippen LogP contribution in [0.25, 0.3) is 0 Å². The van der Waals surface area contributed by atoms with Gasteiger partial charge in [0.2, 0.25) is 0 Å². The molecule has 0 spiro atoms. The lowest BCUT2D eigenvalue weighted by Gasteiger charge is -2.06. The van der Waals surface area contributed by atoms with Gasteiger partial charge in [0, 0.05) is 6.42 Å². The summed E-state index contributed by atoms with van der Waals surface area (Å²) in [5, 5.41) is 6.62. The second-order valence-corrected chi connectivity index (χ2v) is 1.69.